The topological polar surface area (TPSA) is 26.2 Å². The summed E-state index contributed by atoms with van der Waals surface area (Å²) in [6.45, 7) is 14.3. The summed E-state index contributed by atoms with van der Waals surface area (Å²) in [7, 11) is 0. The van der Waals surface area contributed by atoms with E-state index in [9.17, 15) is 0 Å². The Hall–Kier alpha value is -10.6. The molecule has 0 saturated heterocycles. The van der Waals surface area contributed by atoms with Crippen LogP contribution >= 0.6 is 0 Å². The first-order valence-electron chi connectivity index (χ1n) is 30.0. The molecular weight excluding hydrogens is 1040 g/mol. The summed E-state index contributed by atoms with van der Waals surface area (Å²) >= 11 is 0. The average molecular weight is 1110 g/mol. The van der Waals surface area contributed by atoms with E-state index in [2.05, 4.69) is 349 Å². The van der Waals surface area contributed by atoms with Crippen molar-refractivity contribution in [3.8, 4) is 22.7 Å². The summed E-state index contributed by atoms with van der Waals surface area (Å²) < 4.78 is 9.17. The summed E-state index contributed by atoms with van der Waals surface area (Å²) in [5.74, 6) is 0. The van der Waals surface area contributed by atoms with Crippen LogP contribution in [0.4, 0.5) is 34.1 Å². The van der Waals surface area contributed by atoms with Gasteiger partial charge in [0.25, 0.3) is 0 Å². The number of para-hydroxylation sites is 4. The Morgan fingerprint density at radius 3 is 0.767 bits per heavy atom. The highest BCUT2D eigenvalue weighted by Gasteiger charge is 2.30. The van der Waals surface area contributed by atoms with Gasteiger partial charge in [-0.25, -0.2) is 0 Å². The van der Waals surface area contributed by atoms with Crippen LogP contribution in [0, 0.1) is 0 Å². The molecule has 6 heteroatoms. The maximum absolute atomic E-state index is 2.53. The molecule has 0 radical (unpaired) electrons. The van der Waals surface area contributed by atoms with Crippen LogP contribution in [-0.4, -0.2) is 18.3 Å². The van der Waals surface area contributed by atoms with Gasteiger partial charge in [0.15, 0.2) is 0 Å². The van der Waals surface area contributed by atoms with Crippen molar-refractivity contribution in [1.29, 1.82) is 0 Å². The van der Waals surface area contributed by atoms with Crippen molar-refractivity contribution in [3.63, 3.8) is 0 Å². The first-order valence-corrected chi connectivity index (χ1v) is 30.0. The summed E-state index contributed by atoms with van der Waals surface area (Å²) in [4.78, 5) is 5.07. The summed E-state index contributed by atoms with van der Waals surface area (Å²) in [6.07, 6.45) is 8.80. The maximum Gasteiger partial charge on any atom is 0.0543 e. The monoisotopic (exact) mass is 1110 g/mol. The van der Waals surface area contributed by atoms with E-state index < -0.39 is 0 Å². The average Bonchev–Trinajstić information content (AvgIpc) is 0.929. The van der Waals surface area contributed by atoms with Gasteiger partial charge in [-0.2, -0.15) is 0 Å². The number of aromatic nitrogens is 4. The smallest absolute Gasteiger partial charge is 0.0543 e. The molecule has 6 nitrogen and oxygen atoms in total. The fourth-order valence-electron chi connectivity index (χ4n) is 13.8. The van der Waals surface area contributed by atoms with E-state index >= 15 is 0 Å². The third-order valence-electron chi connectivity index (χ3n) is 17.8. The van der Waals surface area contributed by atoms with E-state index in [1.54, 1.807) is 0 Å². The second-order valence-corrected chi connectivity index (χ2v) is 25.2. The minimum absolute atomic E-state index is 0.227. The molecular formula is C80H64N6. The third-order valence-corrected chi connectivity index (χ3v) is 17.8. The van der Waals surface area contributed by atoms with E-state index in [1.165, 1.54) is 65.0 Å². The lowest BCUT2D eigenvalue weighted by atomic mass is 9.77. The molecule has 0 spiro atoms. The van der Waals surface area contributed by atoms with E-state index in [0.29, 0.717) is 0 Å². The van der Waals surface area contributed by atoms with Gasteiger partial charge < -0.3 is 28.1 Å². The molecule has 0 atom stereocenters. The van der Waals surface area contributed by atoms with Gasteiger partial charge in [0.1, 0.15) is 0 Å². The van der Waals surface area contributed by atoms with Gasteiger partial charge >= 0.3 is 0 Å². The minimum Gasteiger partial charge on any atom is -0.317 e. The van der Waals surface area contributed by atoms with E-state index in [0.717, 1.165) is 78.9 Å². The first kappa shape index (κ1) is 51.1. The Morgan fingerprint density at radius 2 is 0.512 bits per heavy atom. The van der Waals surface area contributed by atoms with Crippen molar-refractivity contribution in [2.75, 3.05) is 9.80 Å². The Morgan fingerprint density at radius 1 is 0.256 bits per heavy atom. The standard InChI is InChI=1S/C80H64N6/c1-79(2,3)69-51-75(85(61-27-35-71-53(47-61)39-43-81(71)57-19-11-7-12-20-57)62-28-36-72-54(48-62)40-44-82(72)58-21-13-8-14-22-58)67-34-32-66-70(80(4,5)6)52-76(68-33-31-65(69)77(67)78(66)68)86(63-29-37-73-55(49-63)41-45-83(73)59-23-15-9-16-24-59)64-30-38-74-56(50-64)42-46-84(74)60-25-17-10-18-26-60/h7-52H,1-6H3. The fraction of sp³-hybridized carbons (Fsp3) is 0.100. The first-order chi connectivity index (χ1) is 41.9. The van der Waals surface area contributed by atoms with Crippen molar-refractivity contribution in [2.45, 2.75) is 52.4 Å². The zero-order valence-electron chi connectivity index (χ0n) is 49.2. The number of hydrogen-bond acceptors (Lipinski definition) is 2. The number of fused-ring (bicyclic) bond motifs is 4. The minimum atomic E-state index is -0.227. The van der Waals surface area contributed by atoms with Crippen LogP contribution in [0.2, 0.25) is 0 Å². The van der Waals surface area contributed by atoms with Gasteiger partial charge in [-0.15, -0.1) is 0 Å². The molecule has 0 unspecified atom stereocenters. The van der Waals surface area contributed by atoms with Crippen LogP contribution in [0.5, 0.6) is 0 Å². The summed E-state index contributed by atoms with van der Waals surface area (Å²) in [6, 6.07) is 94.4. The summed E-state index contributed by atoms with van der Waals surface area (Å²) in [5, 5.41) is 12.2. The van der Waals surface area contributed by atoms with Crippen molar-refractivity contribution >= 4 is 110 Å². The molecule has 0 aliphatic rings. The second-order valence-electron chi connectivity index (χ2n) is 25.2. The maximum atomic E-state index is 2.53. The van der Waals surface area contributed by atoms with Crippen LogP contribution in [0.25, 0.3) is 98.7 Å². The summed E-state index contributed by atoms with van der Waals surface area (Å²) in [5.41, 5.74) is 18.0. The molecule has 0 aliphatic heterocycles. The predicted octanol–water partition coefficient (Wildman–Crippen LogP) is 21.9. The zero-order valence-corrected chi connectivity index (χ0v) is 49.2. The third kappa shape index (κ3) is 8.30. The van der Waals surface area contributed by atoms with Crippen LogP contribution in [0.15, 0.2) is 280 Å². The lowest BCUT2D eigenvalue weighted by Crippen LogP contribution is -2.17. The van der Waals surface area contributed by atoms with Crippen molar-refractivity contribution < 1.29 is 0 Å². The van der Waals surface area contributed by atoms with E-state index in [1.807, 2.05) is 0 Å². The molecule has 0 saturated carbocycles. The van der Waals surface area contributed by atoms with Gasteiger partial charge in [0, 0.05) is 103 Å². The van der Waals surface area contributed by atoms with Gasteiger partial charge in [0.2, 0.25) is 0 Å². The van der Waals surface area contributed by atoms with Crippen LogP contribution in [-0.2, 0) is 10.8 Å². The van der Waals surface area contributed by atoms with Gasteiger partial charge in [-0.3, -0.25) is 0 Å². The second kappa shape index (κ2) is 19.5. The molecule has 0 fully saturated rings. The molecule has 0 amide bonds. The number of anilines is 6. The molecule has 86 heavy (non-hydrogen) atoms. The van der Waals surface area contributed by atoms with Gasteiger partial charge in [-0.05, 0) is 201 Å². The molecule has 0 bridgehead atoms. The highest BCUT2D eigenvalue weighted by molar-refractivity contribution is 6.30. The Kier molecular flexibility index (Phi) is 11.6. The molecule has 4 aromatic heterocycles. The van der Waals surface area contributed by atoms with Gasteiger partial charge in [-0.1, -0.05) is 139 Å². The van der Waals surface area contributed by atoms with Crippen molar-refractivity contribution in [3.05, 3.63) is 291 Å². The molecule has 4 heterocycles. The predicted molar refractivity (Wildman–Crippen MR) is 364 cm³/mol. The number of nitrogens with zero attached hydrogens (tertiary/aromatic N) is 6. The largest absolute Gasteiger partial charge is 0.317 e. The Bertz CT molecular complexity index is 4680. The number of benzene rings is 12. The van der Waals surface area contributed by atoms with Crippen LogP contribution in [0.3, 0.4) is 0 Å². The van der Waals surface area contributed by atoms with Crippen LogP contribution < -0.4 is 9.80 Å². The van der Waals surface area contributed by atoms with Crippen LogP contribution in [0.1, 0.15) is 52.7 Å². The Labute approximate surface area is 501 Å². The molecule has 16 aromatic rings. The molecule has 16 rings (SSSR count). The lowest BCUT2D eigenvalue weighted by molar-refractivity contribution is 0.595. The quantitative estimate of drug-likeness (QED) is 0.128. The molecule has 0 N–H and O–H groups in total. The SMILES string of the molecule is CC(C)(C)c1cc(N(c2ccc3c(ccn3-c3ccccc3)c2)c2ccc3c(ccn3-c3ccccc3)c2)c2ccc3c(C(C)(C)C)cc(N(c4ccc5c(ccn5-c5ccccc5)c4)c4ccc5c(ccn5-c5ccccc5)c4)c4ccc1c2c43. The Balaban J connectivity index is 0.967. The van der Waals surface area contributed by atoms with Crippen molar-refractivity contribution in [1.82, 2.24) is 18.3 Å². The van der Waals surface area contributed by atoms with E-state index in [-0.39, 0.29) is 10.8 Å². The lowest BCUT2D eigenvalue weighted by Gasteiger charge is -2.34. The zero-order chi connectivity index (χ0) is 58.0. The normalized spacial score (nSPS) is 12.3. The molecule has 0 aliphatic carbocycles. The highest BCUT2D eigenvalue weighted by atomic mass is 15.2. The molecule has 414 valence electrons. The van der Waals surface area contributed by atoms with E-state index in [4.69, 9.17) is 0 Å². The fourth-order valence-corrected chi connectivity index (χ4v) is 13.8. The van der Waals surface area contributed by atoms with Crippen molar-refractivity contribution in [2.24, 2.45) is 0 Å². The number of rotatable bonds is 10. The van der Waals surface area contributed by atoms with Gasteiger partial charge in [0.05, 0.1) is 33.4 Å². The highest BCUT2D eigenvalue weighted by Crippen LogP contribution is 2.53. The molecule has 12 aromatic carbocycles. The number of hydrogen-bond donors (Lipinski definition) is 0.